The molecule has 1 aliphatic heterocycles. The van der Waals surface area contributed by atoms with Crippen LogP contribution in [0.1, 0.15) is 22.7 Å². The Morgan fingerprint density at radius 1 is 0.972 bits per heavy atom. The third-order valence-corrected chi connectivity index (χ3v) is 6.71. The zero-order chi connectivity index (χ0) is 24.7. The summed E-state index contributed by atoms with van der Waals surface area (Å²) in [6.45, 7) is 4.44. The van der Waals surface area contributed by atoms with E-state index in [1.807, 2.05) is 72.9 Å². The number of benzene rings is 3. The van der Waals surface area contributed by atoms with E-state index in [4.69, 9.17) is 4.74 Å². The predicted molar refractivity (Wildman–Crippen MR) is 143 cm³/mol. The number of carboxylic acid groups (broad SMARTS) is 1. The number of rotatable bonds is 9. The van der Waals surface area contributed by atoms with Crippen LogP contribution in [-0.2, 0) is 11.4 Å². The lowest BCUT2D eigenvalue weighted by Crippen LogP contribution is -2.49. The first-order valence-electron chi connectivity index (χ1n) is 12.4. The number of nitrogens with one attached hydrogen (secondary N) is 1. The number of nitrogens with zero attached hydrogens (tertiary/aromatic N) is 2. The van der Waals surface area contributed by atoms with Crippen LogP contribution in [0.15, 0.2) is 91.1 Å². The fraction of sp³-hybridized carbons (Fsp3) is 0.233. The first-order valence-corrected chi connectivity index (χ1v) is 12.4. The van der Waals surface area contributed by atoms with Crippen LogP contribution in [-0.4, -0.2) is 58.6 Å². The molecule has 0 aliphatic carbocycles. The zero-order valence-corrected chi connectivity index (χ0v) is 20.2. The lowest BCUT2D eigenvalue weighted by atomic mass is 10.0. The minimum absolute atomic E-state index is 0.489. The Balaban J connectivity index is 1.22. The van der Waals surface area contributed by atoms with Gasteiger partial charge < -0.3 is 14.8 Å². The van der Waals surface area contributed by atoms with E-state index in [9.17, 15) is 9.90 Å². The maximum atomic E-state index is 12.4. The van der Waals surface area contributed by atoms with Crippen molar-refractivity contribution in [2.45, 2.75) is 12.6 Å². The highest BCUT2D eigenvalue weighted by Gasteiger charge is 2.32. The number of ether oxygens (including phenoxy) is 1. The van der Waals surface area contributed by atoms with Crippen molar-refractivity contribution in [3.05, 3.63) is 108 Å². The van der Waals surface area contributed by atoms with Gasteiger partial charge in [-0.05, 0) is 23.3 Å². The molecule has 1 fully saturated rings. The van der Waals surface area contributed by atoms with Crippen LogP contribution in [0.3, 0.4) is 0 Å². The van der Waals surface area contributed by atoms with Crippen LogP contribution >= 0.6 is 0 Å². The Hall–Kier alpha value is -3.87. The van der Waals surface area contributed by atoms with Gasteiger partial charge in [-0.1, -0.05) is 72.8 Å². The molecule has 0 unspecified atom stereocenters. The molecule has 3 aromatic carbocycles. The van der Waals surface area contributed by atoms with Crippen molar-refractivity contribution < 1.29 is 14.6 Å². The number of carboxylic acids is 1. The number of aromatic amines is 1. The molecule has 1 aromatic heterocycles. The number of carbonyl (C=O) groups is 1. The lowest BCUT2D eigenvalue weighted by Gasteiger charge is -2.37. The van der Waals surface area contributed by atoms with Crippen molar-refractivity contribution in [3.63, 3.8) is 0 Å². The van der Waals surface area contributed by atoms with Crippen molar-refractivity contribution >= 4 is 22.9 Å². The summed E-state index contributed by atoms with van der Waals surface area (Å²) in [5, 5.41) is 11.1. The van der Waals surface area contributed by atoms with Gasteiger partial charge in [0.15, 0.2) is 0 Å². The van der Waals surface area contributed by atoms with E-state index in [0.717, 1.165) is 47.4 Å². The standard InChI is InChI=1S/C30H31N3O3/c34-30(35)29(33-18-16-32(17-19-33)15-7-12-23-8-3-1-4-9-23)27-21-31-28-20-25(13-14-26(27)28)36-22-24-10-5-2-6-11-24/h1-14,20-21,29,31H,15-19,22H2,(H,34,35)/b12-7+/t29-/m0/s1. The van der Waals surface area contributed by atoms with Gasteiger partial charge in [-0.15, -0.1) is 0 Å². The number of H-pyrrole nitrogens is 1. The molecule has 0 amide bonds. The van der Waals surface area contributed by atoms with Crippen LogP contribution in [0.4, 0.5) is 0 Å². The minimum atomic E-state index is -0.822. The highest BCUT2D eigenvalue weighted by molar-refractivity contribution is 5.90. The van der Waals surface area contributed by atoms with Crippen molar-refractivity contribution in [2.75, 3.05) is 32.7 Å². The van der Waals surface area contributed by atoms with Gasteiger partial charge in [-0.25, -0.2) is 0 Å². The van der Waals surface area contributed by atoms with Crippen molar-refractivity contribution in [1.82, 2.24) is 14.8 Å². The normalized spacial score (nSPS) is 15.9. The van der Waals surface area contributed by atoms with E-state index in [-0.39, 0.29) is 0 Å². The van der Waals surface area contributed by atoms with E-state index in [1.165, 1.54) is 5.56 Å². The van der Waals surface area contributed by atoms with Gasteiger partial charge in [0.25, 0.3) is 0 Å². The molecule has 0 radical (unpaired) electrons. The first kappa shape index (κ1) is 23.9. The van der Waals surface area contributed by atoms with Gasteiger partial charge in [-0.3, -0.25) is 14.6 Å². The smallest absolute Gasteiger partial charge is 0.325 e. The highest BCUT2D eigenvalue weighted by Crippen LogP contribution is 2.31. The van der Waals surface area contributed by atoms with E-state index in [1.54, 1.807) is 0 Å². The van der Waals surface area contributed by atoms with Crippen LogP contribution in [0.25, 0.3) is 17.0 Å². The third kappa shape index (κ3) is 5.67. The summed E-state index contributed by atoms with van der Waals surface area (Å²) in [5.41, 5.74) is 3.97. The Bertz CT molecular complexity index is 1310. The Morgan fingerprint density at radius 3 is 2.42 bits per heavy atom. The number of hydrogen-bond donors (Lipinski definition) is 2. The molecule has 184 valence electrons. The Morgan fingerprint density at radius 2 is 1.69 bits per heavy atom. The van der Waals surface area contributed by atoms with Gasteiger partial charge in [0, 0.05) is 61.5 Å². The van der Waals surface area contributed by atoms with Gasteiger partial charge >= 0.3 is 5.97 Å². The number of piperazine rings is 1. The first-order chi connectivity index (χ1) is 17.7. The average Bonchev–Trinajstić information content (AvgIpc) is 3.32. The Labute approximate surface area is 211 Å². The maximum Gasteiger partial charge on any atom is 0.325 e. The number of aromatic nitrogens is 1. The number of fused-ring (bicyclic) bond motifs is 1. The molecular weight excluding hydrogens is 450 g/mol. The van der Waals surface area contributed by atoms with E-state index in [0.29, 0.717) is 19.7 Å². The second kappa shape index (κ2) is 11.2. The molecule has 6 heteroatoms. The number of aliphatic carboxylic acids is 1. The lowest BCUT2D eigenvalue weighted by molar-refractivity contribution is -0.144. The summed E-state index contributed by atoms with van der Waals surface area (Å²) in [6, 6.07) is 25.4. The molecule has 2 heterocycles. The summed E-state index contributed by atoms with van der Waals surface area (Å²) < 4.78 is 5.95. The van der Waals surface area contributed by atoms with E-state index >= 15 is 0 Å². The van der Waals surface area contributed by atoms with Crippen molar-refractivity contribution in [3.8, 4) is 5.75 Å². The molecule has 5 rings (SSSR count). The highest BCUT2D eigenvalue weighted by atomic mass is 16.5. The summed E-state index contributed by atoms with van der Waals surface area (Å²) in [7, 11) is 0. The second-order valence-corrected chi connectivity index (χ2v) is 9.12. The molecule has 0 saturated carbocycles. The largest absolute Gasteiger partial charge is 0.489 e. The maximum absolute atomic E-state index is 12.4. The van der Waals surface area contributed by atoms with Gasteiger partial charge in [-0.2, -0.15) is 0 Å². The SMILES string of the molecule is O=C(O)[C@H](c1c[nH]c2cc(OCc3ccccc3)ccc12)N1CCN(C/C=C/c2ccccc2)CC1. The zero-order valence-electron chi connectivity index (χ0n) is 20.2. The quantitative estimate of drug-likeness (QED) is 0.344. The summed E-state index contributed by atoms with van der Waals surface area (Å²) >= 11 is 0. The molecule has 1 saturated heterocycles. The van der Waals surface area contributed by atoms with E-state index < -0.39 is 12.0 Å². The van der Waals surface area contributed by atoms with E-state index in [2.05, 4.69) is 39.1 Å². The molecule has 36 heavy (non-hydrogen) atoms. The molecule has 1 atom stereocenters. The average molecular weight is 482 g/mol. The van der Waals surface area contributed by atoms with Gasteiger partial charge in [0.2, 0.25) is 0 Å². The van der Waals surface area contributed by atoms with Crippen LogP contribution in [0.5, 0.6) is 5.75 Å². The summed E-state index contributed by atoms with van der Waals surface area (Å²) in [4.78, 5) is 20.1. The van der Waals surface area contributed by atoms with Gasteiger partial charge in [0.1, 0.15) is 18.4 Å². The molecule has 0 spiro atoms. The molecule has 0 bridgehead atoms. The van der Waals surface area contributed by atoms with Crippen LogP contribution < -0.4 is 4.74 Å². The minimum Gasteiger partial charge on any atom is -0.489 e. The van der Waals surface area contributed by atoms with Gasteiger partial charge in [0.05, 0.1) is 0 Å². The fourth-order valence-corrected chi connectivity index (χ4v) is 4.78. The monoisotopic (exact) mass is 481 g/mol. The number of hydrogen-bond acceptors (Lipinski definition) is 4. The topological polar surface area (TPSA) is 68.8 Å². The fourth-order valence-electron chi connectivity index (χ4n) is 4.78. The summed E-state index contributed by atoms with van der Waals surface area (Å²) in [6.07, 6.45) is 6.15. The molecule has 2 N–H and O–H groups in total. The molecule has 4 aromatic rings. The molecule has 6 nitrogen and oxygen atoms in total. The van der Waals surface area contributed by atoms with Crippen molar-refractivity contribution in [2.24, 2.45) is 0 Å². The summed E-state index contributed by atoms with van der Waals surface area (Å²) in [5.74, 6) is -0.0680. The predicted octanol–water partition coefficient (Wildman–Crippen LogP) is 5.20. The van der Waals surface area contributed by atoms with Crippen molar-refractivity contribution in [1.29, 1.82) is 0 Å². The molecule has 1 aliphatic rings. The van der Waals surface area contributed by atoms with Crippen LogP contribution in [0, 0.1) is 0 Å². The molecular formula is C30H31N3O3. The third-order valence-electron chi connectivity index (χ3n) is 6.71. The second-order valence-electron chi connectivity index (χ2n) is 9.12. The Kier molecular flexibility index (Phi) is 7.45. The van der Waals surface area contributed by atoms with Crippen LogP contribution in [0.2, 0.25) is 0 Å².